The van der Waals surface area contributed by atoms with E-state index in [-0.39, 0.29) is 66.8 Å². The van der Waals surface area contributed by atoms with Gasteiger partial charge in [0.25, 0.3) is 5.91 Å². The van der Waals surface area contributed by atoms with Crippen LogP contribution in [-0.4, -0.2) is 152 Å². The van der Waals surface area contributed by atoms with Crippen molar-refractivity contribution in [2.45, 2.75) is 88.2 Å². The molecule has 4 amide bonds. The molecule has 0 aromatic heterocycles. The molecule has 0 unspecified atom stereocenters. The molecule has 1 atom stereocenters. The van der Waals surface area contributed by atoms with Crippen LogP contribution in [0.4, 0.5) is 34.1 Å². The molecule has 330 valence electrons. The lowest BCUT2D eigenvalue weighted by molar-refractivity contribution is -0.143. The van der Waals surface area contributed by atoms with E-state index in [0.29, 0.717) is 58.3 Å². The normalized spacial score (nSPS) is 19.4. The molecule has 6 rings (SSSR count). The average molecular weight is 863 g/mol. The van der Waals surface area contributed by atoms with Crippen LogP contribution in [0, 0.1) is 0 Å². The van der Waals surface area contributed by atoms with Crippen LogP contribution < -0.4 is 16.4 Å². The first-order valence-corrected chi connectivity index (χ1v) is 21.4. The third-order valence-electron chi connectivity index (χ3n) is 12.1. The molecule has 14 nitrogen and oxygen atoms in total. The minimum Gasteiger partial charge on any atom is -0.465 e. The monoisotopic (exact) mass is 862 g/mol. The molecular weight excluding hydrogens is 805 g/mol. The highest BCUT2D eigenvalue weighted by molar-refractivity contribution is 6.33. The van der Waals surface area contributed by atoms with Crippen LogP contribution in [-0.2, 0) is 38.1 Å². The van der Waals surface area contributed by atoms with Gasteiger partial charge in [0.15, 0.2) is 6.10 Å². The van der Waals surface area contributed by atoms with E-state index in [1.165, 1.54) is 11.0 Å². The van der Waals surface area contributed by atoms with Gasteiger partial charge in [-0.15, -0.1) is 0 Å². The Balaban J connectivity index is 1.03. The van der Waals surface area contributed by atoms with Crippen molar-refractivity contribution >= 4 is 47.0 Å². The maximum absolute atomic E-state index is 14.2. The molecule has 0 saturated carbocycles. The fourth-order valence-corrected chi connectivity index (χ4v) is 8.93. The summed E-state index contributed by atoms with van der Waals surface area (Å²) in [5, 5.41) is 6.00. The van der Waals surface area contributed by atoms with Crippen LogP contribution in [0.15, 0.2) is 36.4 Å². The summed E-state index contributed by atoms with van der Waals surface area (Å²) in [5.74, 6) is -0.747. The number of piperidine rings is 3. The molecule has 4 N–H and O–H groups in total. The SMILES string of the molecule is CN(C)CCCOC(=O)CNC1CCN(C2CCN(C(=O)[C@@H](Cc3cc(Cl)c(N)c(C(F)(F)F)c3)OC(=O)N3CCC(N4CCc5ccccc5NC4=O)CC3)CC2)CC1. The molecule has 3 fully saturated rings. The summed E-state index contributed by atoms with van der Waals surface area (Å²) in [5.41, 5.74) is 5.84. The lowest BCUT2D eigenvalue weighted by Crippen LogP contribution is -2.54. The third kappa shape index (κ3) is 11.9. The van der Waals surface area contributed by atoms with Crippen molar-refractivity contribution in [3.05, 3.63) is 58.1 Å². The second kappa shape index (κ2) is 20.5. The van der Waals surface area contributed by atoms with Crippen molar-refractivity contribution in [3.63, 3.8) is 0 Å². The van der Waals surface area contributed by atoms with E-state index in [1.807, 2.05) is 43.3 Å². The molecule has 2 aromatic carbocycles. The number of alkyl halides is 3. The number of likely N-dealkylation sites (tertiary alicyclic amines) is 3. The Morgan fingerprint density at radius 2 is 1.62 bits per heavy atom. The molecule has 4 aliphatic heterocycles. The van der Waals surface area contributed by atoms with Gasteiger partial charge >= 0.3 is 24.3 Å². The van der Waals surface area contributed by atoms with Gasteiger partial charge in [0.1, 0.15) is 0 Å². The molecule has 4 heterocycles. The Hall–Kier alpha value is -4.32. The second-order valence-electron chi connectivity index (χ2n) is 16.5. The van der Waals surface area contributed by atoms with Crippen LogP contribution in [0.25, 0.3) is 0 Å². The Kier molecular flexibility index (Phi) is 15.4. The standard InChI is InChI=1S/C42H58ClF3N8O6/c1-50(2)15-5-23-59-37(55)27-48-30-9-16-51(17-10-30)31-11-18-52(19-12-31)39(56)36(26-28-24-33(42(44,45)46)38(47)34(43)25-28)60-41(58)53-20-13-32(14-21-53)54-22-8-29-6-3-4-7-35(29)49-40(54)57/h3-4,6-7,24-25,30-32,36,48H,5,8-23,26-27,47H2,1-2H3,(H,49,57)/t36-/m1/s1. The molecule has 0 bridgehead atoms. The summed E-state index contributed by atoms with van der Waals surface area (Å²) in [6, 6.07) is 9.91. The van der Waals surface area contributed by atoms with E-state index in [1.54, 1.807) is 9.80 Å². The molecule has 0 spiro atoms. The van der Waals surface area contributed by atoms with Crippen molar-refractivity contribution in [1.29, 1.82) is 0 Å². The maximum atomic E-state index is 14.2. The van der Waals surface area contributed by atoms with Gasteiger partial charge in [-0.25, -0.2) is 9.59 Å². The van der Waals surface area contributed by atoms with E-state index < -0.39 is 35.5 Å². The number of benzene rings is 2. The Labute approximate surface area is 354 Å². The van der Waals surface area contributed by atoms with Crippen LogP contribution >= 0.6 is 11.6 Å². The number of fused-ring (bicyclic) bond motifs is 1. The molecule has 3 saturated heterocycles. The number of carbonyl (C=O) groups excluding carboxylic acids is 4. The highest BCUT2D eigenvalue weighted by Crippen LogP contribution is 2.38. The van der Waals surface area contributed by atoms with Gasteiger partial charge in [-0.05, 0) is 108 Å². The summed E-state index contributed by atoms with van der Waals surface area (Å²) >= 11 is 6.15. The average Bonchev–Trinajstić information content (AvgIpc) is 3.40. The number of halogens is 4. The number of hydrogen-bond donors (Lipinski definition) is 3. The number of nitrogens with two attached hydrogens (primary N) is 1. The number of carbonyl (C=O) groups is 4. The highest BCUT2D eigenvalue weighted by atomic mass is 35.5. The van der Waals surface area contributed by atoms with Gasteiger partial charge in [-0.2, -0.15) is 13.2 Å². The second-order valence-corrected chi connectivity index (χ2v) is 16.9. The van der Waals surface area contributed by atoms with Gasteiger partial charge in [0.05, 0.1) is 29.4 Å². The zero-order chi connectivity index (χ0) is 43.0. The summed E-state index contributed by atoms with van der Waals surface area (Å²) in [6.45, 7) is 4.93. The first-order chi connectivity index (χ1) is 28.7. The third-order valence-corrected chi connectivity index (χ3v) is 12.4. The molecule has 18 heteroatoms. The number of ether oxygens (including phenoxy) is 2. The molecule has 0 radical (unpaired) electrons. The highest BCUT2D eigenvalue weighted by Gasteiger charge is 2.38. The molecule has 2 aromatic rings. The van der Waals surface area contributed by atoms with E-state index in [9.17, 15) is 32.3 Å². The van der Waals surface area contributed by atoms with Gasteiger partial charge in [-0.1, -0.05) is 29.8 Å². The number of nitrogen functional groups attached to an aromatic ring is 1. The van der Waals surface area contributed by atoms with Crippen molar-refractivity contribution < 1.29 is 41.8 Å². The minimum absolute atomic E-state index is 0.0588. The summed E-state index contributed by atoms with van der Waals surface area (Å²) in [7, 11) is 3.95. The van der Waals surface area contributed by atoms with Crippen molar-refractivity contribution in [2.75, 3.05) is 90.7 Å². The molecule has 0 aliphatic carbocycles. The zero-order valence-electron chi connectivity index (χ0n) is 34.5. The summed E-state index contributed by atoms with van der Waals surface area (Å²) in [6.07, 6.45) is -1.74. The number of rotatable bonds is 13. The predicted octanol–water partition coefficient (Wildman–Crippen LogP) is 5.08. The summed E-state index contributed by atoms with van der Waals surface area (Å²) in [4.78, 5) is 62.6. The minimum atomic E-state index is -4.79. The van der Waals surface area contributed by atoms with E-state index in [0.717, 1.165) is 56.2 Å². The van der Waals surface area contributed by atoms with Crippen molar-refractivity contribution in [2.24, 2.45) is 0 Å². The lowest BCUT2D eigenvalue weighted by atomic mass is 9.97. The molecule has 4 aliphatic rings. The number of anilines is 2. The number of nitrogens with one attached hydrogen (secondary N) is 2. The smallest absolute Gasteiger partial charge is 0.418 e. The number of urea groups is 1. The first-order valence-electron chi connectivity index (χ1n) is 21.0. The number of para-hydroxylation sites is 1. The van der Waals surface area contributed by atoms with Gasteiger partial charge in [0, 0.05) is 69.5 Å². The Morgan fingerprint density at radius 3 is 2.30 bits per heavy atom. The molecule has 60 heavy (non-hydrogen) atoms. The fraction of sp³-hybridized carbons (Fsp3) is 0.619. The fourth-order valence-electron chi connectivity index (χ4n) is 8.68. The van der Waals surface area contributed by atoms with Crippen LogP contribution in [0.1, 0.15) is 61.6 Å². The van der Waals surface area contributed by atoms with Gasteiger partial charge in [-0.3, -0.25) is 9.59 Å². The quantitative estimate of drug-likeness (QED) is 0.141. The topological polar surface area (TPSA) is 153 Å². The van der Waals surface area contributed by atoms with E-state index in [2.05, 4.69) is 15.5 Å². The zero-order valence-corrected chi connectivity index (χ0v) is 35.2. The number of nitrogens with zero attached hydrogens (tertiary/aromatic N) is 5. The first kappa shape index (κ1) is 45.2. The number of amides is 4. The number of esters is 1. The van der Waals surface area contributed by atoms with Crippen molar-refractivity contribution in [3.8, 4) is 0 Å². The van der Waals surface area contributed by atoms with Crippen LogP contribution in [0.5, 0.6) is 0 Å². The Morgan fingerprint density at radius 1 is 0.950 bits per heavy atom. The Bertz CT molecular complexity index is 1810. The van der Waals surface area contributed by atoms with Crippen LogP contribution in [0.3, 0.4) is 0 Å². The van der Waals surface area contributed by atoms with E-state index >= 15 is 0 Å². The molecular formula is C42H58ClF3N8O6. The van der Waals surface area contributed by atoms with E-state index in [4.69, 9.17) is 26.8 Å². The number of hydrogen-bond acceptors (Lipinski definition) is 10. The lowest BCUT2D eigenvalue weighted by Gasteiger charge is -2.42. The van der Waals surface area contributed by atoms with Crippen LogP contribution in [0.2, 0.25) is 5.02 Å². The largest absolute Gasteiger partial charge is 0.465 e. The summed E-state index contributed by atoms with van der Waals surface area (Å²) < 4.78 is 53.0. The predicted molar refractivity (Wildman–Crippen MR) is 222 cm³/mol. The van der Waals surface area contributed by atoms with Gasteiger partial charge < -0.3 is 50.3 Å². The van der Waals surface area contributed by atoms with Crippen molar-refractivity contribution in [1.82, 2.24) is 29.8 Å². The maximum Gasteiger partial charge on any atom is 0.418 e. The van der Waals surface area contributed by atoms with Gasteiger partial charge in [0.2, 0.25) is 0 Å².